The summed E-state index contributed by atoms with van der Waals surface area (Å²) in [4.78, 5) is 14.5. The largest absolute Gasteiger partial charge is 0.493 e. The van der Waals surface area contributed by atoms with Gasteiger partial charge in [-0.15, -0.1) is 0 Å². The zero-order chi connectivity index (χ0) is 19.1. The minimum Gasteiger partial charge on any atom is -0.493 e. The predicted molar refractivity (Wildman–Crippen MR) is 104 cm³/mol. The summed E-state index contributed by atoms with van der Waals surface area (Å²) in [6.45, 7) is 2.63. The van der Waals surface area contributed by atoms with Crippen molar-refractivity contribution in [1.82, 2.24) is 10.2 Å². The van der Waals surface area contributed by atoms with Gasteiger partial charge in [-0.25, -0.2) is 0 Å². The van der Waals surface area contributed by atoms with Gasteiger partial charge in [0.15, 0.2) is 11.5 Å². The van der Waals surface area contributed by atoms with E-state index in [1.54, 1.807) is 14.2 Å². The summed E-state index contributed by atoms with van der Waals surface area (Å²) in [6.07, 6.45) is 0.300. The van der Waals surface area contributed by atoms with Crippen LogP contribution in [0.1, 0.15) is 22.7 Å². The molecule has 0 aromatic heterocycles. The van der Waals surface area contributed by atoms with Crippen molar-refractivity contribution in [2.45, 2.75) is 19.4 Å². The lowest BCUT2D eigenvalue weighted by atomic mass is 10.0. The van der Waals surface area contributed by atoms with E-state index in [1.807, 2.05) is 32.3 Å². The second-order valence-corrected chi connectivity index (χ2v) is 6.56. The monoisotopic (exact) mass is 356 g/mol. The highest BCUT2D eigenvalue weighted by molar-refractivity contribution is 5.78. The van der Waals surface area contributed by atoms with Crippen LogP contribution in [0.3, 0.4) is 0 Å². The molecule has 140 valence electrons. The molecule has 2 aromatic rings. The van der Waals surface area contributed by atoms with E-state index in [9.17, 15) is 4.79 Å². The number of nitrogens with zero attached hydrogens (tertiary/aromatic N) is 1. The van der Waals surface area contributed by atoms with E-state index in [-0.39, 0.29) is 11.9 Å². The number of likely N-dealkylation sites (N-methyl/N-ethyl adjacent to an activating group) is 1. The first-order valence-electron chi connectivity index (χ1n) is 8.65. The molecule has 0 radical (unpaired) electrons. The van der Waals surface area contributed by atoms with Gasteiger partial charge in [0.25, 0.3) is 0 Å². The average molecular weight is 356 g/mol. The molecule has 0 spiro atoms. The van der Waals surface area contributed by atoms with Gasteiger partial charge in [-0.3, -0.25) is 4.79 Å². The van der Waals surface area contributed by atoms with Gasteiger partial charge in [0.2, 0.25) is 5.91 Å². The van der Waals surface area contributed by atoms with Gasteiger partial charge in [-0.1, -0.05) is 35.9 Å². The van der Waals surface area contributed by atoms with Crippen LogP contribution in [0.15, 0.2) is 42.5 Å². The third-order valence-electron chi connectivity index (χ3n) is 4.39. The van der Waals surface area contributed by atoms with Gasteiger partial charge < -0.3 is 19.7 Å². The second-order valence-electron chi connectivity index (χ2n) is 6.56. The van der Waals surface area contributed by atoms with Crippen molar-refractivity contribution in [1.29, 1.82) is 0 Å². The molecule has 1 amide bonds. The molecule has 2 aromatic carbocycles. The van der Waals surface area contributed by atoms with Crippen molar-refractivity contribution in [3.63, 3.8) is 0 Å². The van der Waals surface area contributed by atoms with E-state index >= 15 is 0 Å². The van der Waals surface area contributed by atoms with Crippen molar-refractivity contribution in [2.24, 2.45) is 0 Å². The molecule has 5 nitrogen and oxygen atoms in total. The second kappa shape index (κ2) is 9.25. The molecule has 1 unspecified atom stereocenters. The van der Waals surface area contributed by atoms with Crippen LogP contribution in [-0.4, -0.2) is 45.7 Å². The molecule has 0 saturated heterocycles. The van der Waals surface area contributed by atoms with Crippen LogP contribution in [0.25, 0.3) is 0 Å². The minimum atomic E-state index is -0.0174. The number of ether oxygens (including phenoxy) is 2. The Morgan fingerprint density at radius 3 is 2.27 bits per heavy atom. The first-order chi connectivity index (χ1) is 12.4. The van der Waals surface area contributed by atoms with Crippen LogP contribution in [-0.2, 0) is 11.2 Å². The van der Waals surface area contributed by atoms with Gasteiger partial charge in [-0.2, -0.15) is 0 Å². The van der Waals surface area contributed by atoms with Crippen molar-refractivity contribution < 1.29 is 14.3 Å². The van der Waals surface area contributed by atoms with Crippen LogP contribution >= 0.6 is 0 Å². The van der Waals surface area contributed by atoms with Crippen LogP contribution in [0.4, 0.5) is 0 Å². The lowest BCUT2D eigenvalue weighted by Gasteiger charge is -2.25. The maximum Gasteiger partial charge on any atom is 0.224 e. The Morgan fingerprint density at radius 2 is 1.69 bits per heavy atom. The number of amides is 1. The number of rotatable bonds is 8. The fraction of sp³-hybridized carbons (Fsp3) is 0.381. The minimum absolute atomic E-state index is 0.0174. The Labute approximate surface area is 155 Å². The van der Waals surface area contributed by atoms with Crippen LogP contribution in [0.2, 0.25) is 0 Å². The quantitative estimate of drug-likeness (QED) is 0.790. The maximum absolute atomic E-state index is 12.4. The summed E-state index contributed by atoms with van der Waals surface area (Å²) >= 11 is 0. The van der Waals surface area contributed by atoms with E-state index in [4.69, 9.17) is 9.47 Å². The smallest absolute Gasteiger partial charge is 0.224 e. The number of methoxy groups -OCH3 is 2. The first-order valence-corrected chi connectivity index (χ1v) is 8.65. The van der Waals surface area contributed by atoms with Crippen molar-refractivity contribution in [2.75, 3.05) is 34.9 Å². The number of hydrogen-bond donors (Lipinski definition) is 1. The summed E-state index contributed by atoms with van der Waals surface area (Å²) in [6, 6.07) is 14.1. The molecule has 26 heavy (non-hydrogen) atoms. The molecular weight excluding hydrogens is 328 g/mol. The van der Waals surface area contributed by atoms with Gasteiger partial charge in [0.05, 0.1) is 26.7 Å². The van der Waals surface area contributed by atoms with Gasteiger partial charge in [0.1, 0.15) is 0 Å². The van der Waals surface area contributed by atoms with Gasteiger partial charge >= 0.3 is 0 Å². The molecule has 0 heterocycles. The van der Waals surface area contributed by atoms with Crippen molar-refractivity contribution >= 4 is 5.91 Å². The molecular formula is C21H28N2O3. The fourth-order valence-corrected chi connectivity index (χ4v) is 2.84. The standard InChI is InChI=1S/C21H28N2O3/c1-15-6-9-17(10-7-15)18(23(2)3)14-22-21(24)13-16-8-11-19(25-4)20(12-16)26-5/h6-12,18H,13-14H2,1-5H3,(H,22,24). The number of aryl methyl sites for hydroxylation is 1. The van der Waals surface area contributed by atoms with Crippen LogP contribution < -0.4 is 14.8 Å². The summed E-state index contributed by atoms with van der Waals surface area (Å²) < 4.78 is 10.5. The zero-order valence-electron chi connectivity index (χ0n) is 16.2. The highest BCUT2D eigenvalue weighted by Gasteiger charge is 2.16. The van der Waals surface area contributed by atoms with Crippen LogP contribution in [0.5, 0.6) is 11.5 Å². The Kier molecular flexibility index (Phi) is 7.04. The highest BCUT2D eigenvalue weighted by atomic mass is 16.5. The lowest BCUT2D eigenvalue weighted by molar-refractivity contribution is -0.120. The molecule has 0 fully saturated rings. The highest BCUT2D eigenvalue weighted by Crippen LogP contribution is 2.27. The van der Waals surface area contributed by atoms with E-state index < -0.39 is 0 Å². The third-order valence-corrected chi connectivity index (χ3v) is 4.39. The lowest BCUT2D eigenvalue weighted by Crippen LogP contribution is -2.35. The number of benzene rings is 2. The van der Waals surface area contributed by atoms with Crippen LogP contribution in [0, 0.1) is 6.92 Å². The fourth-order valence-electron chi connectivity index (χ4n) is 2.84. The van der Waals surface area contributed by atoms with E-state index in [2.05, 4.69) is 41.4 Å². The predicted octanol–water partition coefficient (Wildman–Crippen LogP) is 2.97. The van der Waals surface area contributed by atoms with E-state index in [1.165, 1.54) is 11.1 Å². The normalized spacial score (nSPS) is 11.9. The SMILES string of the molecule is COc1ccc(CC(=O)NCC(c2ccc(C)cc2)N(C)C)cc1OC. The molecule has 0 aliphatic carbocycles. The molecule has 0 aliphatic heterocycles. The summed E-state index contributed by atoms with van der Waals surface area (Å²) in [5, 5.41) is 3.04. The summed E-state index contributed by atoms with van der Waals surface area (Å²) in [7, 11) is 7.22. The molecule has 0 aliphatic rings. The first kappa shape index (κ1) is 19.8. The molecule has 1 N–H and O–H groups in total. The van der Waals surface area contributed by atoms with Crippen molar-refractivity contribution in [3.8, 4) is 11.5 Å². The third kappa shape index (κ3) is 5.23. The summed E-state index contributed by atoms with van der Waals surface area (Å²) in [5.74, 6) is 1.27. The number of hydrogen-bond acceptors (Lipinski definition) is 4. The summed E-state index contributed by atoms with van der Waals surface area (Å²) in [5.41, 5.74) is 3.30. The molecule has 0 saturated carbocycles. The Hall–Kier alpha value is -2.53. The van der Waals surface area contributed by atoms with E-state index in [0.717, 1.165) is 5.56 Å². The topological polar surface area (TPSA) is 50.8 Å². The van der Waals surface area contributed by atoms with Crippen molar-refractivity contribution in [3.05, 3.63) is 59.2 Å². The average Bonchev–Trinajstić information content (AvgIpc) is 2.63. The number of carbonyl (C=O) groups excluding carboxylic acids is 1. The van der Waals surface area contributed by atoms with Gasteiger partial charge in [0, 0.05) is 6.54 Å². The Morgan fingerprint density at radius 1 is 1.04 bits per heavy atom. The zero-order valence-corrected chi connectivity index (χ0v) is 16.2. The number of nitrogens with one attached hydrogen (secondary N) is 1. The maximum atomic E-state index is 12.4. The number of carbonyl (C=O) groups is 1. The molecule has 0 bridgehead atoms. The Bertz CT molecular complexity index is 727. The molecule has 2 rings (SSSR count). The molecule has 1 atom stereocenters. The molecule has 5 heteroatoms. The van der Waals surface area contributed by atoms with E-state index in [0.29, 0.717) is 24.5 Å². The van der Waals surface area contributed by atoms with Gasteiger partial charge in [-0.05, 0) is 44.3 Å². The Balaban J connectivity index is 1.99.